The number of hydrogen-bond acceptors (Lipinski definition) is 4. The highest BCUT2D eigenvalue weighted by molar-refractivity contribution is 6.17. The molecule has 0 atom stereocenters. The van der Waals surface area contributed by atoms with E-state index in [4.69, 9.17) is 0 Å². The first-order chi connectivity index (χ1) is 15.3. The molecule has 0 aliphatic heterocycles. The number of phenolic OH excluding ortho intramolecular Hbond substituents is 1. The van der Waals surface area contributed by atoms with Crippen LogP contribution in [0, 0.1) is 0 Å². The molecular formula is C27H17N3O. The van der Waals surface area contributed by atoms with Crippen molar-refractivity contribution >= 4 is 32.4 Å². The monoisotopic (exact) mass is 399 g/mol. The van der Waals surface area contributed by atoms with Crippen LogP contribution in [0.1, 0.15) is 0 Å². The van der Waals surface area contributed by atoms with E-state index >= 15 is 0 Å². The molecule has 0 fully saturated rings. The second kappa shape index (κ2) is 6.89. The maximum absolute atomic E-state index is 10.4. The Morgan fingerprint density at radius 3 is 2.35 bits per heavy atom. The molecule has 0 saturated carbocycles. The smallest absolute Gasteiger partial charge is 0.141 e. The number of pyridine rings is 1. The van der Waals surface area contributed by atoms with Crippen LogP contribution >= 0.6 is 0 Å². The van der Waals surface area contributed by atoms with Crippen LogP contribution in [0.15, 0.2) is 97.7 Å². The first-order valence-electron chi connectivity index (χ1n) is 10.1. The van der Waals surface area contributed by atoms with Crippen molar-refractivity contribution in [2.75, 3.05) is 0 Å². The Morgan fingerprint density at radius 1 is 0.645 bits per heavy atom. The van der Waals surface area contributed by atoms with Gasteiger partial charge in [-0.25, -0.2) is 9.97 Å². The SMILES string of the molecule is Oc1ccc(-c2c3ccccc3cc3ccc(-c4cncnc4)cc23)c2cccnc12. The molecule has 6 rings (SSSR count). The third-order valence-electron chi connectivity index (χ3n) is 5.78. The van der Waals surface area contributed by atoms with Crippen molar-refractivity contribution in [1.29, 1.82) is 0 Å². The van der Waals surface area contributed by atoms with Crippen LogP contribution in [0.25, 0.3) is 54.7 Å². The lowest BCUT2D eigenvalue weighted by molar-refractivity contribution is 0.480. The van der Waals surface area contributed by atoms with Crippen LogP contribution in [-0.2, 0) is 0 Å². The molecular weight excluding hydrogens is 382 g/mol. The van der Waals surface area contributed by atoms with Gasteiger partial charge in [-0.05, 0) is 68.6 Å². The van der Waals surface area contributed by atoms with Crippen molar-refractivity contribution in [2.24, 2.45) is 0 Å². The molecule has 0 radical (unpaired) electrons. The van der Waals surface area contributed by atoms with E-state index in [-0.39, 0.29) is 5.75 Å². The number of hydrogen-bond donors (Lipinski definition) is 1. The molecule has 146 valence electrons. The van der Waals surface area contributed by atoms with E-state index < -0.39 is 0 Å². The Balaban J connectivity index is 1.77. The lowest BCUT2D eigenvalue weighted by Gasteiger charge is -2.15. The van der Waals surface area contributed by atoms with E-state index in [9.17, 15) is 5.11 Å². The summed E-state index contributed by atoms with van der Waals surface area (Å²) in [5.74, 6) is 0.186. The lowest BCUT2D eigenvalue weighted by atomic mass is 9.89. The number of rotatable bonds is 2. The van der Waals surface area contributed by atoms with Crippen LogP contribution in [0.4, 0.5) is 0 Å². The number of phenols is 1. The van der Waals surface area contributed by atoms with E-state index in [0.29, 0.717) is 5.52 Å². The fraction of sp³-hybridized carbons (Fsp3) is 0. The fourth-order valence-corrected chi connectivity index (χ4v) is 4.36. The van der Waals surface area contributed by atoms with E-state index in [1.54, 1.807) is 18.6 Å². The number of aromatic nitrogens is 3. The van der Waals surface area contributed by atoms with Gasteiger partial charge in [-0.3, -0.25) is 4.98 Å². The standard InChI is InChI=1S/C27H17N3O/c31-25-10-9-22(23-6-3-11-30-27(23)25)26-21-5-2-1-4-18(21)12-19-8-7-17(13-24(19)26)20-14-28-16-29-15-20/h1-16,31H. The van der Waals surface area contributed by atoms with Gasteiger partial charge in [-0.15, -0.1) is 0 Å². The van der Waals surface area contributed by atoms with E-state index in [0.717, 1.165) is 43.8 Å². The van der Waals surface area contributed by atoms with Crippen molar-refractivity contribution in [3.63, 3.8) is 0 Å². The summed E-state index contributed by atoms with van der Waals surface area (Å²) < 4.78 is 0. The van der Waals surface area contributed by atoms with Gasteiger partial charge in [-0.1, -0.05) is 42.5 Å². The van der Waals surface area contributed by atoms with Crippen LogP contribution in [0.3, 0.4) is 0 Å². The largest absolute Gasteiger partial charge is 0.506 e. The molecule has 0 bridgehead atoms. The minimum atomic E-state index is 0.186. The average Bonchev–Trinajstić information content (AvgIpc) is 2.84. The summed E-state index contributed by atoms with van der Waals surface area (Å²) in [4.78, 5) is 12.8. The second-order valence-electron chi connectivity index (χ2n) is 7.57. The van der Waals surface area contributed by atoms with Gasteiger partial charge in [0.05, 0.1) is 0 Å². The highest BCUT2D eigenvalue weighted by Gasteiger charge is 2.15. The van der Waals surface area contributed by atoms with Crippen LogP contribution < -0.4 is 0 Å². The molecule has 2 aromatic heterocycles. The van der Waals surface area contributed by atoms with Crippen molar-refractivity contribution in [3.8, 4) is 28.0 Å². The number of aromatic hydroxyl groups is 1. The molecule has 4 aromatic carbocycles. The Bertz CT molecular complexity index is 1590. The number of benzene rings is 4. The van der Waals surface area contributed by atoms with Crippen LogP contribution in [0.2, 0.25) is 0 Å². The van der Waals surface area contributed by atoms with Crippen molar-refractivity contribution < 1.29 is 5.11 Å². The molecule has 4 nitrogen and oxygen atoms in total. The molecule has 0 saturated heterocycles. The highest BCUT2D eigenvalue weighted by atomic mass is 16.3. The second-order valence-corrected chi connectivity index (χ2v) is 7.57. The normalized spacial score (nSPS) is 11.4. The minimum Gasteiger partial charge on any atom is -0.506 e. The van der Waals surface area contributed by atoms with E-state index in [2.05, 4.69) is 63.5 Å². The van der Waals surface area contributed by atoms with Crippen molar-refractivity contribution in [2.45, 2.75) is 0 Å². The van der Waals surface area contributed by atoms with Gasteiger partial charge in [-0.2, -0.15) is 0 Å². The Morgan fingerprint density at radius 2 is 1.45 bits per heavy atom. The molecule has 0 unspecified atom stereocenters. The summed E-state index contributed by atoms with van der Waals surface area (Å²) in [6, 6.07) is 24.7. The molecule has 31 heavy (non-hydrogen) atoms. The molecule has 0 aliphatic carbocycles. The zero-order chi connectivity index (χ0) is 20.8. The van der Waals surface area contributed by atoms with Gasteiger partial charge in [0.2, 0.25) is 0 Å². The van der Waals surface area contributed by atoms with Crippen LogP contribution in [0.5, 0.6) is 5.75 Å². The summed E-state index contributed by atoms with van der Waals surface area (Å²) in [5.41, 5.74) is 4.81. The van der Waals surface area contributed by atoms with E-state index in [1.807, 2.05) is 30.6 Å². The Labute approximate surface area is 178 Å². The summed E-state index contributed by atoms with van der Waals surface area (Å²) in [5, 5.41) is 15.9. The Kier molecular flexibility index (Phi) is 3.90. The van der Waals surface area contributed by atoms with E-state index in [1.165, 1.54) is 5.39 Å². The quantitative estimate of drug-likeness (QED) is 0.344. The van der Waals surface area contributed by atoms with Gasteiger partial charge in [0.1, 0.15) is 17.6 Å². The van der Waals surface area contributed by atoms with Crippen molar-refractivity contribution in [3.05, 3.63) is 97.7 Å². The zero-order valence-corrected chi connectivity index (χ0v) is 16.5. The molecule has 1 N–H and O–H groups in total. The summed E-state index contributed by atoms with van der Waals surface area (Å²) in [7, 11) is 0. The molecule has 6 aromatic rings. The first kappa shape index (κ1) is 17.5. The van der Waals surface area contributed by atoms with Gasteiger partial charge >= 0.3 is 0 Å². The topological polar surface area (TPSA) is 58.9 Å². The maximum atomic E-state index is 10.4. The molecule has 0 amide bonds. The fourth-order valence-electron chi connectivity index (χ4n) is 4.36. The number of nitrogens with zero attached hydrogens (tertiary/aromatic N) is 3. The zero-order valence-electron chi connectivity index (χ0n) is 16.5. The Hall–Kier alpha value is -4.31. The number of fused-ring (bicyclic) bond motifs is 3. The first-order valence-corrected chi connectivity index (χ1v) is 10.1. The molecule has 0 spiro atoms. The molecule has 2 heterocycles. The van der Waals surface area contributed by atoms with Gasteiger partial charge < -0.3 is 5.11 Å². The molecule has 0 aliphatic rings. The summed E-state index contributed by atoms with van der Waals surface area (Å²) in [6.07, 6.45) is 6.91. The average molecular weight is 399 g/mol. The minimum absolute atomic E-state index is 0.186. The van der Waals surface area contributed by atoms with Gasteiger partial charge in [0.15, 0.2) is 0 Å². The third-order valence-corrected chi connectivity index (χ3v) is 5.78. The highest BCUT2D eigenvalue weighted by Crippen LogP contribution is 2.42. The maximum Gasteiger partial charge on any atom is 0.141 e. The van der Waals surface area contributed by atoms with Crippen LogP contribution in [-0.4, -0.2) is 20.1 Å². The third kappa shape index (κ3) is 2.81. The predicted molar refractivity (Wildman–Crippen MR) is 125 cm³/mol. The van der Waals surface area contributed by atoms with Gasteiger partial charge in [0.25, 0.3) is 0 Å². The molecule has 4 heteroatoms. The lowest BCUT2D eigenvalue weighted by Crippen LogP contribution is -1.90. The van der Waals surface area contributed by atoms with Crippen molar-refractivity contribution in [1.82, 2.24) is 15.0 Å². The predicted octanol–water partition coefficient (Wildman–Crippen LogP) is 6.37. The summed E-state index contributed by atoms with van der Waals surface area (Å²) in [6.45, 7) is 0. The van der Waals surface area contributed by atoms with Gasteiger partial charge in [0, 0.05) is 29.5 Å². The summed E-state index contributed by atoms with van der Waals surface area (Å²) >= 11 is 0.